The lowest BCUT2D eigenvalue weighted by Crippen LogP contribution is -2.41. The number of aliphatic imine (C=N–C) groups is 1. The molecular formula is C20H25N3S. The molecule has 126 valence electrons. The van der Waals surface area contributed by atoms with Crippen LogP contribution in [0.3, 0.4) is 0 Å². The lowest BCUT2D eigenvalue weighted by atomic mass is 10.0. The number of anilines is 1. The summed E-state index contributed by atoms with van der Waals surface area (Å²) in [6, 6.07) is 13.1. The fourth-order valence-corrected chi connectivity index (χ4v) is 3.61. The molecule has 1 N–H and O–H groups in total. The van der Waals surface area contributed by atoms with E-state index >= 15 is 0 Å². The van der Waals surface area contributed by atoms with Crippen LogP contribution in [0.1, 0.15) is 27.8 Å². The molecule has 0 saturated heterocycles. The molecule has 1 aliphatic heterocycles. The first-order chi connectivity index (χ1) is 11.5. The molecule has 3 rings (SSSR count). The van der Waals surface area contributed by atoms with Crippen molar-refractivity contribution in [3.8, 4) is 0 Å². The van der Waals surface area contributed by atoms with Crippen molar-refractivity contribution >= 4 is 22.6 Å². The number of amidine groups is 1. The van der Waals surface area contributed by atoms with Crippen LogP contribution >= 0.6 is 11.8 Å². The van der Waals surface area contributed by atoms with Crippen LogP contribution in [0.4, 0.5) is 5.69 Å². The summed E-state index contributed by atoms with van der Waals surface area (Å²) in [5.41, 5.74) is 11.3. The lowest BCUT2D eigenvalue weighted by molar-refractivity contribution is 0.761. The molecular weight excluding hydrogens is 314 g/mol. The van der Waals surface area contributed by atoms with Gasteiger partial charge in [0.25, 0.3) is 0 Å². The van der Waals surface area contributed by atoms with E-state index in [1.807, 2.05) is 0 Å². The number of benzene rings is 2. The van der Waals surface area contributed by atoms with Gasteiger partial charge in [-0.3, -0.25) is 15.4 Å². The summed E-state index contributed by atoms with van der Waals surface area (Å²) >= 11 is 1.79. The number of aryl methyl sites for hydroxylation is 3. The summed E-state index contributed by atoms with van der Waals surface area (Å²) in [6.45, 7) is 10.4. The standard InChI is InChI=1S/C20H25N3S/c1-14-8-9-16(3)18(12-14)13-23(22-20-21-10-11-24-20)19-7-5-6-15(2)17(19)4/h5-9,12H,10-11,13H2,1-4H3,(H,21,22). The highest BCUT2D eigenvalue weighted by molar-refractivity contribution is 8.14. The zero-order valence-electron chi connectivity index (χ0n) is 14.9. The topological polar surface area (TPSA) is 27.6 Å². The highest BCUT2D eigenvalue weighted by atomic mass is 32.2. The van der Waals surface area contributed by atoms with Crippen molar-refractivity contribution in [3.05, 3.63) is 64.2 Å². The number of rotatable bonds is 4. The van der Waals surface area contributed by atoms with E-state index in [2.05, 4.69) is 79.5 Å². The van der Waals surface area contributed by atoms with Gasteiger partial charge in [-0.2, -0.15) is 0 Å². The van der Waals surface area contributed by atoms with Crippen molar-refractivity contribution in [2.24, 2.45) is 4.99 Å². The van der Waals surface area contributed by atoms with Gasteiger partial charge in [0.05, 0.1) is 18.8 Å². The van der Waals surface area contributed by atoms with Crippen LogP contribution in [-0.2, 0) is 6.54 Å². The average molecular weight is 340 g/mol. The van der Waals surface area contributed by atoms with Crippen LogP contribution in [0.25, 0.3) is 0 Å². The number of hydrogen-bond acceptors (Lipinski definition) is 4. The summed E-state index contributed by atoms with van der Waals surface area (Å²) in [5, 5.41) is 3.25. The van der Waals surface area contributed by atoms with Gasteiger partial charge >= 0.3 is 0 Å². The molecule has 0 saturated carbocycles. The molecule has 2 aromatic carbocycles. The van der Waals surface area contributed by atoms with Crippen molar-refractivity contribution in [3.63, 3.8) is 0 Å². The first kappa shape index (κ1) is 16.9. The average Bonchev–Trinajstić information content (AvgIpc) is 3.06. The molecule has 2 aromatic rings. The summed E-state index contributed by atoms with van der Waals surface area (Å²) in [7, 11) is 0. The van der Waals surface area contributed by atoms with E-state index in [0.29, 0.717) is 0 Å². The predicted molar refractivity (Wildman–Crippen MR) is 106 cm³/mol. The number of nitrogens with one attached hydrogen (secondary N) is 1. The first-order valence-electron chi connectivity index (χ1n) is 8.38. The molecule has 0 bridgehead atoms. The maximum atomic E-state index is 4.56. The van der Waals surface area contributed by atoms with E-state index in [9.17, 15) is 0 Å². The van der Waals surface area contributed by atoms with Crippen LogP contribution < -0.4 is 10.4 Å². The SMILES string of the molecule is Cc1ccc(C)c(CN(NC2=NCCS2)c2cccc(C)c2C)c1. The van der Waals surface area contributed by atoms with Gasteiger partial charge in [0, 0.05) is 5.75 Å². The van der Waals surface area contributed by atoms with Crippen molar-refractivity contribution in [2.45, 2.75) is 34.2 Å². The number of hydrazine groups is 1. The van der Waals surface area contributed by atoms with Crippen molar-refractivity contribution in [2.75, 3.05) is 17.3 Å². The zero-order valence-corrected chi connectivity index (χ0v) is 15.7. The fourth-order valence-electron chi connectivity index (χ4n) is 2.87. The minimum Gasteiger partial charge on any atom is -0.281 e. The van der Waals surface area contributed by atoms with Crippen LogP contribution in [0.15, 0.2) is 41.4 Å². The third-order valence-corrected chi connectivity index (χ3v) is 5.40. The number of nitrogens with zero attached hydrogens (tertiary/aromatic N) is 2. The Balaban J connectivity index is 1.95. The second kappa shape index (κ2) is 7.31. The minimum absolute atomic E-state index is 0.817. The third kappa shape index (κ3) is 3.75. The molecule has 1 heterocycles. The molecule has 0 atom stereocenters. The van der Waals surface area contributed by atoms with Gasteiger partial charge < -0.3 is 0 Å². The van der Waals surface area contributed by atoms with Gasteiger partial charge in [-0.25, -0.2) is 0 Å². The zero-order chi connectivity index (χ0) is 17.1. The smallest absolute Gasteiger partial charge is 0.175 e. The second-order valence-electron chi connectivity index (χ2n) is 6.38. The van der Waals surface area contributed by atoms with Gasteiger partial charge in [0.2, 0.25) is 0 Å². The Bertz CT molecular complexity index is 767. The molecule has 4 heteroatoms. The Hall–Kier alpha value is -1.94. The van der Waals surface area contributed by atoms with E-state index in [0.717, 1.165) is 24.0 Å². The van der Waals surface area contributed by atoms with Gasteiger partial charge in [-0.05, 0) is 56.0 Å². The van der Waals surface area contributed by atoms with Gasteiger partial charge in [0.15, 0.2) is 5.17 Å². The van der Waals surface area contributed by atoms with Gasteiger partial charge in [0.1, 0.15) is 0 Å². The Morgan fingerprint density at radius 3 is 2.67 bits per heavy atom. The molecule has 1 aliphatic rings. The Morgan fingerprint density at radius 1 is 1.08 bits per heavy atom. The second-order valence-corrected chi connectivity index (χ2v) is 7.47. The molecule has 0 aliphatic carbocycles. The predicted octanol–water partition coefficient (Wildman–Crippen LogP) is 4.53. The van der Waals surface area contributed by atoms with Crippen molar-refractivity contribution in [1.29, 1.82) is 0 Å². The number of thioether (sulfide) groups is 1. The third-order valence-electron chi connectivity index (χ3n) is 4.52. The van der Waals surface area contributed by atoms with E-state index in [1.54, 1.807) is 11.8 Å². The quantitative estimate of drug-likeness (QED) is 0.829. The van der Waals surface area contributed by atoms with E-state index in [4.69, 9.17) is 0 Å². The van der Waals surface area contributed by atoms with E-state index in [1.165, 1.54) is 33.5 Å². The Morgan fingerprint density at radius 2 is 1.92 bits per heavy atom. The first-order valence-corrected chi connectivity index (χ1v) is 9.37. The van der Waals surface area contributed by atoms with Gasteiger partial charge in [-0.15, -0.1) is 0 Å². The minimum atomic E-state index is 0.817. The number of hydrogen-bond donors (Lipinski definition) is 1. The maximum absolute atomic E-state index is 4.56. The molecule has 3 nitrogen and oxygen atoms in total. The van der Waals surface area contributed by atoms with Crippen LogP contribution in [0.5, 0.6) is 0 Å². The summed E-state index contributed by atoms with van der Waals surface area (Å²) < 4.78 is 0. The van der Waals surface area contributed by atoms with E-state index in [-0.39, 0.29) is 0 Å². The summed E-state index contributed by atoms with van der Waals surface area (Å²) in [5.74, 6) is 1.06. The molecule has 24 heavy (non-hydrogen) atoms. The van der Waals surface area contributed by atoms with E-state index < -0.39 is 0 Å². The molecule has 0 amide bonds. The fraction of sp³-hybridized carbons (Fsp3) is 0.350. The molecule has 0 aromatic heterocycles. The lowest BCUT2D eigenvalue weighted by Gasteiger charge is -2.29. The normalized spacial score (nSPS) is 13.8. The van der Waals surface area contributed by atoms with Crippen LogP contribution in [0, 0.1) is 27.7 Å². The Labute approximate surface area is 149 Å². The maximum Gasteiger partial charge on any atom is 0.175 e. The van der Waals surface area contributed by atoms with Crippen LogP contribution in [0.2, 0.25) is 0 Å². The largest absolute Gasteiger partial charge is 0.281 e. The van der Waals surface area contributed by atoms with Crippen LogP contribution in [-0.4, -0.2) is 17.5 Å². The highest BCUT2D eigenvalue weighted by Gasteiger charge is 2.16. The Kier molecular flexibility index (Phi) is 5.14. The highest BCUT2D eigenvalue weighted by Crippen LogP contribution is 2.25. The molecule has 0 spiro atoms. The molecule has 0 unspecified atom stereocenters. The monoisotopic (exact) mass is 339 g/mol. The molecule has 0 fully saturated rings. The summed E-state index contributed by atoms with van der Waals surface area (Å²) in [4.78, 5) is 4.56. The molecule has 0 radical (unpaired) electrons. The summed E-state index contributed by atoms with van der Waals surface area (Å²) in [6.07, 6.45) is 0. The van der Waals surface area contributed by atoms with Gasteiger partial charge in [-0.1, -0.05) is 47.7 Å². The van der Waals surface area contributed by atoms with Crippen molar-refractivity contribution in [1.82, 2.24) is 5.43 Å². The van der Waals surface area contributed by atoms with Crippen molar-refractivity contribution < 1.29 is 0 Å².